The zero-order chi connectivity index (χ0) is 23.6. The van der Waals surface area contributed by atoms with Gasteiger partial charge in [-0.2, -0.15) is 0 Å². The molecule has 1 saturated heterocycles. The third-order valence-corrected chi connectivity index (χ3v) is 5.91. The number of fused-ring (bicyclic) bond motifs is 1. The van der Waals surface area contributed by atoms with E-state index in [1.807, 2.05) is 54.6 Å². The molecule has 5 rings (SSSR count). The molecule has 0 aliphatic carbocycles. The second-order valence-corrected chi connectivity index (χ2v) is 8.37. The first-order chi connectivity index (χ1) is 16.7. The summed E-state index contributed by atoms with van der Waals surface area (Å²) >= 11 is 0. The lowest BCUT2D eigenvalue weighted by atomic mass is 10.0. The quantitative estimate of drug-likeness (QED) is 0.613. The Bertz CT molecular complexity index is 1080. The number of carbonyl (C=O) groups excluding carboxylic acids is 1. The number of morpholine rings is 1. The minimum absolute atomic E-state index is 0.293. The van der Waals surface area contributed by atoms with Gasteiger partial charge in [0, 0.05) is 24.2 Å². The topological polar surface area (TPSA) is 79.9 Å². The van der Waals surface area contributed by atoms with Crippen LogP contribution in [0.1, 0.15) is 23.1 Å². The van der Waals surface area contributed by atoms with Crippen LogP contribution in [0, 0.1) is 0 Å². The van der Waals surface area contributed by atoms with E-state index in [-0.39, 0.29) is 5.91 Å². The number of aliphatic imine (C=N–C) groups is 1. The number of hydrogen-bond donors (Lipinski definition) is 2. The van der Waals surface area contributed by atoms with E-state index in [2.05, 4.69) is 45.5 Å². The van der Waals surface area contributed by atoms with Crippen LogP contribution in [0.3, 0.4) is 0 Å². The summed E-state index contributed by atoms with van der Waals surface area (Å²) in [4.78, 5) is 18.7. The van der Waals surface area contributed by atoms with Crippen molar-refractivity contribution in [3.8, 4) is 0 Å². The number of rotatable bonds is 5. The standard InChI is InChI=1S/C15H13N3O.C13H19NO/c16-14-15(19)17-12-9-5-4-8-11(12)13(18-14)10-6-2-1-3-7-10;1-2-5-13(6-3-1)7-4-8-14-9-11-15-12-10-14/h1-9,14H,16H2,(H,17,19);1-3,5-6H,4,7-12H2. The van der Waals surface area contributed by atoms with Crippen molar-refractivity contribution in [2.45, 2.75) is 19.0 Å². The van der Waals surface area contributed by atoms with Crippen molar-refractivity contribution in [3.63, 3.8) is 0 Å². The van der Waals surface area contributed by atoms with Gasteiger partial charge in [0.15, 0.2) is 6.17 Å². The summed E-state index contributed by atoms with van der Waals surface area (Å²) in [5.41, 5.74) is 10.5. The van der Waals surface area contributed by atoms with E-state index < -0.39 is 6.17 Å². The largest absolute Gasteiger partial charge is 0.379 e. The highest BCUT2D eigenvalue weighted by molar-refractivity contribution is 6.19. The summed E-state index contributed by atoms with van der Waals surface area (Å²) in [6.07, 6.45) is 1.56. The van der Waals surface area contributed by atoms with Gasteiger partial charge in [0.2, 0.25) is 0 Å². The number of amides is 1. The number of nitrogens with zero attached hydrogens (tertiary/aromatic N) is 2. The fourth-order valence-electron chi connectivity index (χ4n) is 4.07. The second kappa shape index (κ2) is 12.2. The molecule has 0 spiro atoms. The highest BCUT2D eigenvalue weighted by atomic mass is 16.5. The second-order valence-electron chi connectivity index (χ2n) is 8.37. The summed E-state index contributed by atoms with van der Waals surface area (Å²) in [6, 6.07) is 28.0. The third-order valence-electron chi connectivity index (χ3n) is 5.91. The van der Waals surface area contributed by atoms with Gasteiger partial charge >= 0.3 is 0 Å². The molecule has 1 unspecified atom stereocenters. The molecule has 1 atom stereocenters. The average molecular weight is 457 g/mol. The van der Waals surface area contributed by atoms with Crippen molar-refractivity contribution in [2.24, 2.45) is 10.7 Å². The van der Waals surface area contributed by atoms with Crippen LogP contribution in [0.5, 0.6) is 0 Å². The monoisotopic (exact) mass is 456 g/mol. The van der Waals surface area contributed by atoms with E-state index in [1.165, 1.54) is 24.9 Å². The van der Waals surface area contributed by atoms with E-state index >= 15 is 0 Å². The predicted molar refractivity (Wildman–Crippen MR) is 137 cm³/mol. The Morgan fingerprint density at radius 1 is 0.912 bits per heavy atom. The Labute approximate surface area is 201 Å². The summed E-state index contributed by atoms with van der Waals surface area (Å²) in [7, 11) is 0. The molecular formula is C28H32N4O2. The van der Waals surface area contributed by atoms with Crippen LogP contribution in [0.15, 0.2) is 89.9 Å². The summed E-state index contributed by atoms with van der Waals surface area (Å²) in [6.45, 7) is 5.23. The Balaban J connectivity index is 0.000000166. The minimum Gasteiger partial charge on any atom is -0.379 e. The highest BCUT2D eigenvalue weighted by Gasteiger charge is 2.22. The number of nitrogens with two attached hydrogens (primary N) is 1. The van der Waals surface area contributed by atoms with E-state index in [1.54, 1.807) is 0 Å². The van der Waals surface area contributed by atoms with Gasteiger partial charge in [-0.25, -0.2) is 0 Å². The van der Waals surface area contributed by atoms with Crippen molar-refractivity contribution in [3.05, 3.63) is 102 Å². The fraction of sp³-hybridized carbons (Fsp3) is 0.286. The van der Waals surface area contributed by atoms with Crippen LogP contribution < -0.4 is 11.1 Å². The number of aryl methyl sites for hydroxylation is 1. The lowest BCUT2D eigenvalue weighted by Gasteiger charge is -2.26. The molecule has 2 heterocycles. The van der Waals surface area contributed by atoms with Gasteiger partial charge in [0.1, 0.15) is 0 Å². The summed E-state index contributed by atoms with van der Waals surface area (Å²) in [5.74, 6) is -0.293. The summed E-state index contributed by atoms with van der Waals surface area (Å²) < 4.78 is 5.32. The summed E-state index contributed by atoms with van der Waals surface area (Å²) in [5, 5.41) is 2.79. The van der Waals surface area contributed by atoms with Gasteiger partial charge in [-0.05, 0) is 31.0 Å². The number of para-hydroxylation sites is 1. The van der Waals surface area contributed by atoms with Gasteiger partial charge in [0.25, 0.3) is 5.91 Å². The first kappa shape index (κ1) is 23.8. The van der Waals surface area contributed by atoms with Crippen LogP contribution in [0.25, 0.3) is 0 Å². The number of ether oxygens (including phenoxy) is 1. The molecule has 2 aliphatic heterocycles. The van der Waals surface area contributed by atoms with Gasteiger partial charge < -0.3 is 15.8 Å². The van der Waals surface area contributed by atoms with E-state index in [0.29, 0.717) is 0 Å². The molecular weight excluding hydrogens is 424 g/mol. The van der Waals surface area contributed by atoms with Crippen molar-refractivity contribution in [1.29, 1.82) is 0 Å². The van der Waals surface area contributed by atoms with E-state index in [0.717, 1.165) is 48.8 Å². The molecule has 1 fully saturated rings. The van der Waals surface area contributed by atoms with Gasteiger partial charge in [-0.3, -0.25) is 14.7 Å². The maximum atomic E-state index is 11.8. The lowest BCUT2D eigenvalue weighted by molar-refractivity contribution is -0.117. The maximum Gasteiger partial charge on any atom is 0.263 e. The van der Waals surface area contributed by atoms with Crippen LogP contribution in [-0.4, -0.2) is 55.5 Å². The SMILES string of the molecule is NC1N=C(c2ccccc2)c2ccccc2NC1=O.c1ccc(CCCN2CCOCC2)cc1. The Morgan fingerprint density at radius 2 is 1.56 bits per heavy atom. The molecule has 3 aromatic carbocycles. The minimum atomic E-state index is -0.886. The first-order valence-corrected chi connectivity index (χ1v) is 11.8. The van der Waals surface area contributed by atoms with Gasteiger partial charge in [0.05, 0.1) is 24.6 Å². The number of carbonyl (C=O) groups is 1. The van der Waals surface area contributed by atoms with Gasteiger partial charge in [-0.1, -0.05) is 78.9 Å². The molecule has 1 amide bonds. The molecule has 6 heteroatoms. The Kier molecular flexibility index (Phi) is 8.57. The molecule has 34 heavy (non-hydrogen) atoms. The zero-order valence-electron chi connectivity index (χ0n) is 19.4. The predicted octanol–water partition coefficient (Wildman–Crippen LogP) is 3.71. The molecule has 0 bridgehead atoms. The molecule has 0 saturated carbocycles. The maximum absolute atomic E-state index is 11.8. The van der Waals surface area contributed by atoms with E-state index in [9.17, 15) is 4.79 Å². The van der Waals surface area contributed by atoms with Crippen LogP contribution in [0.2, 0.25) is 0 Å². The van der Waals surface area contributed by atoms with Crippen LogP contribution >= 0.6 is 0 Å². The average Bonchev–Trinajstić information content (AvgIpc) is 3.02. The molecule has 0 radical (unpaired) electrons. The Hall–Kier alpha value is -3.32. The first-order valence-electron chi connectivity index (χ1n) is 11.8. The highest BCUT2D eigenvalue weighted by Crippen LogP contribution is 2.23. The smallest absolute Gasteiger partial charge is 0.263 e. The molecule has 0 aromatic heterocycles. The number of benzene rings is 3. The van der Waals surface area contributed by atoms with Crippen molar-refractivity contribution < 1.29 is 9.53 Å². The zero-order valence-corrected chi connectivity index (χ0v) is 19.4. The fourth-order valence-corrected chi connectivity index (χ4v) is 4.07. The normalized spacial score (nSPS) is 18.0. The molecule has 6 nitrogen and oxygen atoms in total. The molecule has 176 valence electrons. The van der Waals surface area contributed by atoms with Crippen molar-refractivity contribution in [1.82, 2.24) is 4.90 Å². The number of benzodiazepines with no additional fused rings is 1. The third kappa shape index (κ3) is 6.60. The molecule has 3 aromatic rings. The number of nitrogens with one attached hydrogen (secondary N) is 1. The van der Waals surface area contributed by atoms with Gasteiger partial charge in [-0.15, -0.1) is 0 Å². The number of hydrogen-bond acceptors (Lipinski definition) is 5. The Morgan fingerprint density at radius 3 is 2.29 bits per heavy atom. The van der Waals surface area contributed by atoms with Crippen LogP contribution in [-0.2, 0) is 16.0 Å². The molecule has 2 aliphatic rings. The lowest BCUT2D eigenvalue weighted by Crippen LogP contribution is -2.36. The number of anilines is 1. The van der Waals surface area contributed by atoms with Crippen molar-refractivity contribution in [2.75, 3.05) is 38.2 Å². The van der Waals surface area contributed by atoms with E-state index in [4.69, 9.17) is 10.5 Å². The molecule has 3 N–H and O–H groups in total. The van der Waals surface area contributed by atoms with Crippen LogP contribution in [0.4, 0.5) is 5.69 Å². The van der Waals surface area contributed by atoms with Crippen molar-refractivity contribution >= 4 is 17.3 Å².